The second-order valence-corrected chi connectivity index (χ2v) is 12.2. The highest BCUT2D eigenvalue weighted by Gasteiger charge is 2.39. The van der Waals surface area contributed by atoms with Gasteiger partial charge in [0.1, 0.15) is 34.8 Å². The van der Waals surface area contributed by atoms with Crippen LogP contribution in [-0.4, -0.2) is 64.1 Å². The van der Waals surface area contributed by atoms with Crippen molar-refractivity contribution in [1.82, 2.24) is 14.9 Å². The second-order valence-electron chi connectivity index (χ2n) is 12.2. The number of nitrogens with zero attached hydrogens (tertiary/aromatic N) is 3. The topological polar surface area (TPSA) is 76.5 Å². The summed E-state index contributed by atoms with van der Waals surface area (Å²) in [6.45, 7) is 6.41. The molecule has 0 bridgehead atoms. The summed E-state index contributed by atoms with van der Waals surface area (Å²) in [5.41, 5.74) is -1.13. The first kappa shape index (κ1) is 30.3. The molecule has 2 aromatic carbocycles. The van der Waals surface area contributed by atoms with E-state index in [4.69, 9.17) is 4.74 Å². The Morgan fingerprint density at radius 2 is 1.80 bits per heavy atom. The third-order valence-corrected chi connectivity index (χ3v) is 6.99. The molecule has 2 heterocycles. The maximum atomic E-state index is 15.4. The van der Waals surface area contributed by atoms with Crippen LogP contribution in [0.15, 0.2) is 41.2 Å². The number of carbonyl (C=O) groups excluding carboxylic acids is 1. The van der Waals surface area contributed by atoms with Crippen molar-refractivity contribution in [1.29, 1.82) is 0 Å². The number of aromatic nitrogens is 2. The van der Waals surface area contributed by atoms with E-state index in [0.29, 0.717) is 28.9 Å². The zero-order valence-electron chi connectivity index (χ0n) is 24.4. The van der Waals surface area contributed by atoms with Gasteiger partial charge in [-0.25, -0.2) is 18.0 Å². The minimum atomic E-state index is -2.83. The smallest absolute Gasteiger partial charge is 0.348 e. The Balaban J connectivity index is 1.82. The van der Waals surface area contributed by atoms with Gasteiger partial charge in [-0.05, 0) is 57.2 Å². The first-order valence-corrected chi connectivity index (χ1v) is 13.4. The molecular weight excluding hydrogens is 530 g/mol. The van der Waals surface area contributed by atoms with Gasteiger partial charge in [-0.2, -0.15) is 4.98 Å². The average molecular weight is 562 g/mol. The van der Waals surface area contributed by atoms with Crippen molar-refractivity contribution in [2.75, 3.05) is 18.1 Å². The van der Waals surface area contributed by atoms with Gasteiger partial charge < -0.3 is 19.5 Å². The van der Waals surface area contributed by atoms with E-state index in [2.05, 4.69) is 22.1 Å². The van der Waals surface area contributed by atoms with Crippen molar-refractivity contribution in [2.45, 2.75) is 51.5 Å². The molecule has 0 radical (unpaired) electrons. The highest BCUT2D eigenvalue weighted by Crippen LogP contribution is 2.36. The van der Waals surface area contributed by atoms with Crippen LogP contribution in [0.1, 0.15) is 38.8 Å². The molecule has 1 N–H and O–H groups in total. The van der Waals surface area contributed by atoms with E-state index in [1.165, 1.54) is 24.5 Å². The number of carbonyl (C=O) groups is 1. The lowest BCUT2D eigenvalue weighted by Gasteiger charge is -2.29. The Bertz CT molecular complexity index is 1630. The molecule has 41 heavy (non-hydrogen) atoms. The van der Waals surface area contributed by atoms with E-state index < -0.39 is 40.0 Å². The number of hydrogen-bond acceptors (Lipinski definition) is 5. The lowest BCUT2D eigenvalue weighted by molar-refractivity contribution is -0.138. The molecule has 0 saturated carbocycles. The molecule has 1 amide bonds. The van der Waals surface area contributed by atoms with Gasteiger partial charge in [0.25, 0.3) is 6.43 Å². The largest absolute Gasteiger partial charge is 0.375 e. The molecule has 0 atom stereocenters. The highest BCUT2D eigenvalue weighted by atomic mass is 19.3. The zero-order valence-corrected chi connectivity index (χ0v) is 24.4. The normalized spacial score (nSPS) is 14.3. The van der Waals surface area contributed by atoms with Crippen LogP contribution < -0.4 is 15.9 Å². The Hall–Kier alpha value is -3.65. The van der Waals surface area contributed by atoms with Gasteiger partial charge in [-0.3, -0.25) is 4.79 Å². The molecule has 1 aliphatic heterocycles. The number of benzene rings is 2. The summed E-state index contributed by atoms with van der Waals surface area (Å²) in [7, 11) is 5.58. The Morgan fingerprint density at radius 1 is 1.12 bits per heavy atom. The van der Waals surface area contributed by atoms with Crippen LogP contribution in [0.3, 0.4) is 0 Å². The van der Waals surface area contributed by atoms with E-state index in [0.717, 1.165) is 0 Å². The number of halogens is 3. The zero-order chi connectivity index (χ0) is 30.3. The van der Waals surface area contributed by atoms with Crippen LogP contribution in [0.5, 0.6) is 0 Å². The molecule has 4 rings (SSSR count). The molecular formula is C28H32B3F3N4O3. The van der Waals surface area contributed by atoms with E-state index in [9.17, 15) is 18.4 Å². The number of fused-ring (bicyclic) bond motifs is 2. The lowest BCUT2D eigenvalue weighted by Crippen LogP contribution is -2.50. The standard InChI is InChI=1S/C28H32B3F3N4O3/c1-26(2,36-24(39)27(3,4)23(33)34)12-11-16-7-5-9-19-17(16)15-41-14-13-37(19)22-21-18(32)8-6-10-20(21)38(25(40)35-22)28(29,30)31/h5-10,23H,13-15,29-31H2,1-4H3,(H,36,39). The maximum absolute atomic E-state index is 15.4. The van der Waals surface area contributed by atoms with Crippen molar-refractivity contribution in [3.63, 3.8) is 0 Å². The molecule has 3 aromatic rings. The quantitative estimate of drug-likeness (QED) is 0.374. The van der Waals surface area contributed by atoms with Crippen molar-refractivity contribution in [3.05, 3.63) is 63.8 Å². The van der Waals surface area contributed by atoms with E-state index >= 15 is 4.39 Å². The van der Waals surface area contributed by atoms with Crippen LogP contribution in [-0.2, 0) is 21.4 Å². The van der Waals surface area contributed by atoms with Crippen molar-refractivity contribution in [2.24, 2.45) is 5.41 Å². The molecule has 212 valence electrons. The van der Waals surface area contributed by atoms with Gasteiger partial charge in [0.05, 0.1) is 29.7 Å². The highest BCUT2D eigenvalue weighted by molar-refractivity contribution is 6.56. The Labute approximate surface area is 240 Å². The third-order valence-electron chi connectivity index (χ3n) is 6.99. The number of ether oxygens (including phenoxy) is 1. The predicted molar refractivity (Wildman–Crippen MR) is 162 cm³/mol. The predicted octanol–water partition coefficient (Wildman–Crippen LogP) is 1.21. The fourth-order valence-corrected chi connectivity index (χ4v) is 4.63. The Morgan fingerprint density at radius 3 is 2.46 bits per heavy atom. The summed E-state index contributed by atoms with van der Waals surface area (Å²) < 4.78 is 49.5. The Kier molecular flexibility index (Phi) is 8.11. The van der Waals surface area contributed by atoms with Crippen LogP contribution in [0.4, 0.5) is 24.7 Å². The van der Waals surface area contributed by atoms with Gasteiger partial charge >= 0.3 is 5.69 Å². The molecule has 0 spiro atoms. The first-order chi connectivity index (χ1) is 19.0. The molecule has 1 aromatic heterocycles. The fourth-order valence-electron chi connectivity index (χ4n) is 4.63. The number of hydrogen-bond donors (Lipinski definition) is 1. The summed E-state index contributed by atoms with van der Waals surface area (Å²) in [5.74, 6) is 4.92. The summed E-state index contributed by atoms with van der Waals surface area (Å²) >= 11 is 0. The van der Waals surface area contributed by atoms with Crippen LogP contribution in [0.2, 0.25) is 0 Å². The minimum Gasteiger partial charge on any atom is -0.375 e. The maximum Gasteiger partial charge on any atom is 0.348 e. The van der Waals surface area contributed by atoms with E-state index in [1.54, 1.807) is 43.0 Å². The molecule has 1 aliphatic rings. The number of rotatable bonds is 5. The van der Waals surface area contributed by atoms with Crippen LogP contribution >= 0.6 is 0 Å². The molecule has 7 nitrogen and oxygen atoms in total. The van der Waals surface area contributed by atoms with Crippen LogP contribution in [0, 0.1) is 23.1 Å². The molecule has 0 unspecified atom stereocenters. The third kappa shape index (κ3) is 6.03. The van der Waals surface area contributed by atoms with Crippen LogP contribution in [0.25, 0.3) is 10.9 Å². The van der Waals surface area contributed by atoms with Gasteiger partial charge in [0.2, 0.25) is 5.91 Å². The van der Waals surface area contributed by atoms with Gasteiger partial charge in [-0.1, -0.05) is 24.0 Å². The number of alkyl halides is 2. The summed E-state index contributed by atoms with van der Waals surface area (Å²) in [4.78, 5) is 31.9. The van der Waals surface area contributed by atoms with Gasteiger partial charge in [0.15, 0.2) is 5.82 Å². The van der Waals surface area contributed by atoms with Crippen molar-refractivity contribution in [3.8, 4) is 11.8 Å². The first-order valence-electron chi connectivity index (χ1n) is 13.4. The number of nitrogens with one attached hydrogen (secondary N) is 1. The molecule has 0 saturated heterocycles. The molecule has 0 aliphatic carbocycles. The number of amides is 1. The SMILES string of the molecule is BC(B)(B)n1c(=O)nc(N2CCOCc3c(C#CC(C)(C)NC(=O)C(C)(C)C(F)F)cccc32)c2c(F)cccc21. The summed E-state index contributed by atoms with van der Waals surface area (Å²) in [6.07, 6.45) is -2.83. The average Bonchev–Trinajstić information content (AvgIpc) is 3.08. The van der Waals surface area contributed by atoms with Crippen molar-refractivity contribution >= 4 is 51.9 Å². The van der Waals surface area contributed by atoms with E-state index in [-0.39, 0.29) is 24.4 Å². The summed E-state index contributed by atoms with van der Waals surface area (Å²) in [5, 5.41) is 2.19. The lowest BCUT2D eigenvalue weighted by atomic mass is 9.49. The minimum absolute atomic E-state index is 0.183. The van der Waals surface area contributed by atoms with Gasteiger partial charge in [0, 0.05) is 23.4 Å². The van der Waals surface area contributed by atoms with E-state index in [1.807, 2.05) is 29.6 Å². The molecule has 0 fully saturated rings. The van der Waals surface area contributed by atoms with Gasteiger partial charge in [-0.15, -0.1) is 0 Å². The number of anilines is 2. The monoisotopic (exact) mass is 562 g/mol. The summed E-state index contributed by atoms with van der Waals surface area (Å²) in [6, 6.07) is 10.0. The second kappa shape index (κ2) is 11.0. The fraction of sp³-hybridized carbons (Fsp3) is 0.393. The molecule has 13 heteroatoms. The van der Waals surface area contributed by atoms with Crippen molar-refractivity contribution < 1.29 is 22.7 Å².